The number of aromatic nitrogens is 2. The van der Waals surface area contributed by atoms with E-state index in [1.807, 2.05) is 0 Å². The Balaban J connectivity index is 1.88. The summed E-state index contributed by atoms with van der Waals surface area (Å²) in [4.78, 5) is 8.17. The lowest BCUT2D eigenvalue weighted by Crippen LogP contribution is -2.00. The average molecular weight is 318 g/mol. The SMILES string of the molecule is Fc1cccc2ncnc(Nc3c(Cl)ccc4c3OCO4)c12. The number of hydrogen-bond donors (Lipinski definition) is 1. The third-order valence-electron chi connectivity index (χ3n) is 3.34. The maximum Gasteiger partial charge on any atom is 0.231 e. The normalized spacial score (nSPS) is 12.6. The van der Waals surface area contributed by atoms with Gasteiger partial charge in [-0.1, -0.05) is 17.7 Å². The zero-order valence-corrected chi connectivity index (χ0v) is 11.9. The second-order valence-corrected chi connectivity index (χ2v) is 5.04. The van der Waals surface area contributed by atoms with Crippen LogP contribution in [0.1, 0.15) is 0 Å². The van der Waals surface area contributed by atoms with Crippen molar-refractivity contribution in [3.05, 3.63) is 47.5 Å². The Hall–Kier alpha value is -2.60. The molecule has 1 N–H and O–H groups in total. The third kappa shape index (κ3) is 2.00. The van der Waals surface area contributed by atoms with E-state index >= 15 is 0 Å². The molecule has 0 bridgehead atoms. The minimum absolute atomic E-state index is 0.114. The van der Waals surface area contributed by atoms with Crippen LogP contribution < -0.4 is 14.8 Å². The number of anilines is 2. The van der Waals surface area contributed by atoms with Gasteiger partial charge in [-0.05, 0) is 24.3 Å². The molecule has 2 heterocycles. The van der Waals surface area contributed by atoms with Crippen LogP contribution in [0, 0.1) is 5.82 Å². The second-order valence-electron chi connectivity index (χ2n) is 4.64. The molecule has 0 radical (unpaired) electrons. The van der Waals surface area contributed by atoms with Gasteiger partial charge < -0.3 is 14.8 Å². The Morgan fingerprint density at radius 1 is 1.14 bits per heavy atom. The van der Waals surface area contributed by atoms with E-state index in [4.69, 9.17) is 21.1 Å². The fourth-order valence-electron chi connectivity index (χ4n) is 2.35. The molecular weight excluding hydrogens is 309 g/mol. The second kappa shape index (κ2) is 4.99. The molecule has 22 heavy (non-hydrogen) atoms. The van der Waals surface area contributed by atoms with Gasteiger partial charge in [0, 0.05) is 0 Å². The Bertz CT molecular complexity index is 883. The first-order valence-electron chi connectivity index (χ1n) is 6.48. The number of fused-ring (bicyclic) bond motifs is 2. The summed E-state index contributed by atoms with van der Waals surface area (Å²) in [6.07, 6.45) is 1.36. The van der Waals surface area contributed by atoms with Gasteiger partial charge in [0.2, 0.25) is 6.79 Å². The zero-order valence-electron chi connectivity index (χ0n) is 11.1. The molecule has 0 saturated carbocycles. The van der Waals surface area contributed by atoms with Gasteiger partial charge in [-0.3, -0.25) is 0 Å². The Kier molecular flexibility index (Phi) is 2.97. The highest BCUT2D eigenvalue weighted by molar-refractivity contribution is 6.34. The van der Waals surface area contributed by atoms with Crippen LogP contribution in [0.2, 0.25) is 5.02 Å². The lowest BCUT2D eigenvalue weighted by Gasteiger charge is -2.12. The predicted octanol–water partition coefficient (Wildman–Crippen LogP) is 3.89. The Morgan fingerprint density at radius 2 is 2.05 bits per heavy atom. The number of rotatable bonds is 2. The molecule has 0 unspecified atom stereocenters. The minimum atomic E-state index is -0.415. The molecule has 5 nitrogen and oxygen atoms in total. The molecule has 3 aromatic rings. The monoisotopic (exact) mass is 317 g/mol. The van der Waals surface area contributed by atoms with Gasteiger partial charge >= 0.3 is 0 Å². The summed E-state index contributed by atoms with van der Waals surface area (Å²) < 4.78 is 24.8. The fourth-order valence-corrected chi connectivity index (χ4v) is 2.54. The maximum atomic E-state index is 14.1. The molecule has 2 aromatic carbocycles. The van der Waals surface area contributed by atoms with Crippen molar-refractivity contribution < 1.29 is 13.9 Å². The molecule has 0 aliphatic carbocycles. The summed E-state index contributed by atoms with van der Waals surface area (Å²) in [6, 6.07) is 8.06. The summed E-state index contributed by atoms with van der Waals surface area (Å²) in [5.41, 5.74) is 0.985. The highest BCUT2D eigenvalue weighted by Gasteiger charge is 2.21. The van der Waals surface area contributed by atoms with Crippen LogP contribution in [0.3, 0.4) is 0 Å². The number of hydrogen-bond acceptors (Lipinski definition) is 5. The first kappa shape index (κ1) is 13.1. The van der Waals surface area contributed by atoms with Crippen LogP contribution in [0.4, 0.5) is 15.9 Å². The molecule has 0 spiro atoms. The van der Waals surface area contributed by atoms with Crippen molar-refractivity contribution in [3.63, 3.8) is 0 Å². The molecule has 0 saturated heterocycles. The quantitative estimate of drug-likeness (QED) is 0.777. The maximum absolute atomic E-state index is 14.1. The lowest BCUT2D eigenvalue weighted by atomic mass is 10.2. The van der Waals surface area contributed by atoms with E-state index in [1.54, 1.807) is 24.3 Å². The summed E-state index contributed by atoms with van der Waals surface area (Å²) in [6.45, 7) is 0.114. The van der Waals surface area contributed by atoms with E-state index in [2.05, 4.69) is 15.3 Å². The van der Waals surface area contributed by atoms with Crippen molar-refractivity contribution in [3.8, 4) is 11.5 Å². The first-order chi connectivity index (χ1) is 10.7. The van der Waals surface area contributed by atoms with Crippen LogP contribution in [0.5, 0.6) is 11.5 Å². The van der Waals surface area contributed by atoms with Gasteiger partial charge in [0.25, 0.3) is 0 Å². The smallest absolute Gasteiger partial charge is 0.231 e. The topological polar surface area (TPSA) is 56.3 Å². The van der Waals surface area contributed by atoms with Crippen molar-refractivity contribution in [2.45, 2.75) is 0 Å². The van der Waals surface area contributed by atoms with Gasteiger partial charge in [0.15, 0.2) is 11.5 Å². The molecular formula is C15H9ClFN3O2. The molecule has 1 aliphatic rings. The van der Waals surface area contributed by atoms with E-state index in [-0.39, 0.29) is 12.2 Å². The summed E-state index contributed by atoms with van der Waals surface area (Å²) in [5, 5.41) is 3.74. The first-order valence-corrected chi connectivity index (χ1v) is 6.86. The molecule has 7 heteroatoms. The molecule has 0 amide bonds. The van der Waals surface area contributed by atoms with Crippen molar-refractivity contribution in [1.29, 1.82) is 0 Å². The van der Waals surface area contributed by atoms with E-state index in [0.717, 1.165) is 0 Å². The summed E-state index contributed by atoms with van der Waals surface area (Å²) in [7, 11) is 0. The zero-order chi connectivity index (χ0) is 15.1. The van der Waals surface area contributed by atoms with Crippen LogP contribution in [-0.4, -0.2) is 16.8 Å². The number of nitrogens with zero attached hydrogens (tertiary/aromatic N) is 2. The third-order valence-corrected chi connectivity index (χ3v) is 3.66. The molecule has 0 fully saturated rings. The van der Waals surface area contributed by atoms with Crippen LogP contribution in [-0.2, 0) is 0 Å². The van der Waals surface area contributed by atoms with Gasteiger partial charge in [0.1, 0.15) is 23.6 Å². The summed E-state index contributed by atoms with van der Waals surface area (Å²) in [5.74, 6) is 0.955. The summed E-state index contributed by atoms with van der Waals surface area (Å²) >= 11 is 6.21. The molecule has 1 aromatic heterocycles. The van der Waals surface area contributed by atoms with Gasteiger partial charge in [0.05, 0.1) is 15.9 Å². The average Bonchev–Trinajstić information content (AvgIpc) is 2.99. The number of benzene rings is 2. The van der Waals surface area contributed by atoms with E-state index < -0.39 is 5.82 Å². The van der Waals surface area contributed by atoms with Crippen molar-refractivity contribution in [2.24, 2.45) is 0 Å². The fraction of sp³-hybridized carbons (Fsp3) is 0.0667. The van der Waals surface area contributed by atoms with Gasteiger partial charge in [-0.15, -0.1) is 0 Å². The Morgan fingerprint density at radius 3 is 2.95 bits per heavy atom. The van der Waals surface area contributed by atoms with Gasteiger partial charge in [-0.25, -0.2) is 14.4 Å². The van der Waals surface area contributed by atoms with E-state index in [9.17, 15) is 4.39 Å². The van der Waals surface area contributed by atoms with Crippen LogP contribution in [0.25, 0.3) is 10.9 Å². The highest BCUT2D eigenvalue weighted by atomic mass is 35.5. The van der Waals surface area contributed by atoms with Crippen LogP contribution in [0.15, 0.2) is 36.7 Å². The van der Waals surface area contributed by atoms with Gasteiger partial charge in [-0.2, -0.15) is 0 Å². The van der Waals surface area contributed by atoms with Crippen molar-refractivity contribution in [2.75, 3.05) is 12.1 Å². The van der Waals surface area contributed by atoms with Crippen LogP contribution >= 0.6 is 11.6 Å². The lowest BCUT2D eigenvalue weighted by molar-refractivity contribution is 0.174. The standard InChI is InChI=1S/C15H9ClFN3O2/c16-8-4-5-11-14(22-7-21-11)13(8)20-15-12-9(17)2-1-3-10(12)18-6-19-15/h1-6H,7H2,(H,18,19,20). The Labute approximate surface area is 129 Å². The molecule has 0 atom stereocenters. The molecule has 1 aliphatic heterocycles. The number of halogens is 2. The van der Waals surface area contributed by atoms with Crippen molar-refractivity contribution in [1.82, 2.24) is 9.97 Å². The van der Waals surface area contributed by atoms with E-state index in [0.29, 0.717) is 33.5 Å². The predicted molar refractivity (Wildman–Crippen MR) is 80.4 cm³/mol. The highest BCUT2D eigenvalue weighted by Crippen LogP contribution is 2.45. The van der Waals surface area contributed by atoms with E-state index in [1.165, 1.54) is 12.4 Å². The largest absolute Gasteiger partial charge is 0.454 e. The number of ether oxygens (including phenoxy) is 2. The van der Waals surface area contributed by atoms with Crippen molar-refractivity contribution >= 4 is 34.0 Å². The number of nitrogens with one attached hydrogen (secondary N) is 1. The minimum Gasteiger partial charge on any atom is -0.454 e. The molecule has 4 rings (SSSR count). The molecule has 110 valence electrons.